The van der Waals surface area contributed by atoms with E-state index < -0.39 is 6.10 Å². The van der Waals surface area contributed by atoms with E-state index in [2.05, 4.69) is 5.32 Å². The van der Waals surface area contributed by atoms with Crippen LogP contribution >= 0.6 is 11.6 Å². The SMILES string of the molecule is COc1ccc(C)cc1C(O)CNc1ccc(C)cc1Cl. The summed E-state index contributed by atoms with van der Waals surface area (Å²) in [6, 6.07) is 11.5. The second kappa shape index (κ2) is 6.83. The van der Waals surface area contributed by atoms with E-state index in [-0.39, 0.29) is 0 Å². The Morgan fingerprint density at radius 3 is 2.48 bits per heavy atom. The van der Waals surface area contributed by atoms with Gasteiger partial charge in [0, 0.05) is 12.1 Å². The maximum absolute atomic E-state index is 10.4. The lowest BCUT2D eigenvalue weighted by atomic mass is 10.0. The van der Waals surface area contributed by atoms with Gasteiger partial charge in [-0.2, -0.15) is 0 Å². The van der Waals surface area contributed by atoms with E-state index in [4.69, 9.17) is 16.3 Å². The molecule has 0 aromatic heterocycles. The molecule has 0 heterocycles. The molecule has 0 radical (unpaired) electrons. The average Bonchev–Trinajstić information content (AvgIpc) is 2.46. The number of aliphatic hydroxyl groups excluding tert-OH is 1. The number of rotatable bonds is 5. The number of anilines is 1. The van der Waals surface area contributed by atoms with Crippen LogP contribution in [-0.4, -0.2) is 18.8 Å². The first-order valence-electron chi connectivity index (χ1n) is 6.84. The van der Waals surface area contributed by atoms with Gasteiger partial charge in [0.15, 0.2) is 0 Å². The molecule has 0 amide bonds. The van der Waals surface area contributed by atoms with E-state index in [1.807, 2.05) is 50.2 Å². The minimum atomic E-state index is -0.669. The maximum Gasteiger partial charge on any atom is 0.124 e. The molecule has 0 aliphatic carbocycles. The third-order valence-electron chi connectivity index (χ3n) is 3.35. The Morgan fingerprint density at radius 1 is 1.14 bits per heavy atom. The molecule has 0 spiro atoms. The molecule has 112 valence electrons. The van der Waals surface area contributed by atoms with Gasteiger partial charge in [0.1, 0.15) is 5.75 Å². The van der Waals surface area contributed by atoms with Gasteiger partial charge in [-0.25, -0.2) is 0 Å². The summed E-state index contributed by atoms with van der Waals surface area (Å²) in [5, 5.41) is 14.2. The number of hydrogen-bond acceptors (Lipinski definition) is 3. The highest BCUT2D eigenvalue weighted by molar-refractivity contribution is 6.33. The molecule has 0 saturated carbocycles. The fourth-order valence-electron chi connectivity index (χ4n) is 2.19. The van der Waals surface area contributed by atoms with E-state index in [1.54, 1.807) is 7.11 Å². The lowest BCUT2D eigenvalue weighted by molar-refractivity contribution is 0.187. The molecule has 3 nitrogen and oxygen atoms in total. The Morgan fingerprint density at radius 2 is 1.81 bits per heavy atom. The van der Waals surface area contributed by atoms with Gasteiger partial charge in [-0.05, 0) is 43.7 Å². The van der Waals surface area contributed by atoms with Gasteiger partial charge in [-0.1, -0.05) is 29.3 Å². The van der Waals surface area contributed by atoms with E-state index in [0.717, 1.165) is 22.4 Å². The highest BCUT2D eigenvalue weighted by Crippen LogP contribution is 2.28. The number of hydrogen-bond donors (Lipinski definition) is 2. The van der Waals surface area contributed by atoms with Gasteiger partial charge in [0.05, 0.1) is 23.9 Å². The van der Waals surface area contributed by atoms with Crippen LogP contribution in [0.2, 0.25) is 5.02 Å². The second-order valence-corrected chi connectivity index (χ2v) is 5.53. The van der Waals surface area contributed by atoms with Crippen molar-refractivity contribution < 1.29 is 9.84 Å². The fraction of sp³-hybridized carbons (Fsp3) is 0.294. The molecule has 0 aliphatic heterocycles. The van der Waals surface area contributed by atoms with Gasteiger partial charge in [-0.15, -0.1) is 0 Å². The van der Waals surface area contributed by atoms with Crippen LogP contribution in [0.15, 0.2) is 36.4 Å². The Kier molecular flexibility index (Phi) is 5.10. The van der Waals surface area contributed by atoms with Crippen LogP contribution in [0.1, 0.15) is 22.8 Å². The maximum atomic E-state index is 10.4. The number of nitrogens with one attached hydrogen (secondary N) is 1. The Balaban J connectivity index is 2.11. The number of aliphatic hydroxyl groups is 1. The minimum Gasteiger partial charge on any atom is -0.496 e. The molecule has 1 atom stereocenters. The van der Waals surface area contributed by atoms with Gasteiger partial charge in [-0.3, -0.25) is 0 Å². The van der Waals surface area contributed by atoms with Crippen molar-refractivity contribution in [1.29, 1.82) is 0 Å². The van der Waals surface area contributed by atoms with Crippen molar-refractivity contribution in [2.45, 2.75) is 20.0 Å². The molecule has 0 aliphatic rings. The molecule has 0 saturated heterocycles. The van der Waals surface area contributed by atoms with Crippen LogP contribution in [0.25, 0.3) is 0 Å². The molecular weight excluding hydrogens is 286 g/mol. The average molecular weight is 306 g/mol. The van der Waals surface area contributed by atoms with Crippen molar-refractivity contribution in [2.24, 2.45) is 0 Å². The predicted molar refractivity (Wildman–Crippen MR) is 87.4 cm³/mol. The first-order chi connectivity index (χ1) is 10.0. The van der Waals surface area contributed by atoms with Crippen molar-refractivity contribution in [3.05, 3.63) is 58.1 Å². The largest absolute Gasteiger partial charge is 0.496 e. The summed E-state index contributed by atoms with van der Waals surface area (Å²) in [5.41, 5.74) is 3.77. The summed E-state index contributed by atoms with van der Waals surface area (Å²) in [6.07, 6.45) is -0.669. The quantitative estimate of drug-likeness (QED) is 0.873. The summed E-state index contributed by atoms with van der Waals surface area (Å²) >= 11 is 6.17. The van der Waals surface area contributed by atoms with Crippen molar-refractivity contribution in [3.63, 3.8) is 0 Å². The zero-order valence-electron chi connectivity index (χ0n) is 12.5. The van der Waals surface area contributed by atoms with E-state index in [1.165, 1.54) is 0 Å². The third kappa shape index (κ3) is 3.90. The van der Waals surface area contributed by atoms with Crippen LogP contribution in [-0.2, 0) is 0 Å². The second-order valence-electron chi connectivity index (χ2n) is 5.13. The van der Waals surface area contributed by atoms with Crippen molar-refractivity contribution in [2.75, 3.05) is 19.0 Å². The summed E-state index contributed by atoms with van der Waals surface area (Å²) in [4.78, 5) is 0. The van der Waals surface area contributed by atoms with Crippen LogP contribution in [0.3, 0.4) is 0 Å². The highest BCUT2D eigenvalue weighted by Gasteiger charge is 2.14. The summed E-state index contributed by atoms with van der Waals surface area (Å²) in [7, 11) is 1.60. The van der Waals surface area contributed by atoms with Crippen molar-refractivity contribution in [3.8, 4) is 5.75 Å². The molecule has 2 N–H and O–H groups in total. The molecular formula is C17H20ClNO2. The summed E-state index contributed by atoms with van der Waals surface area (Å²) in [6.45, 7) is 4.34. The van der Waals surface area contributed by atoms with E-state index in [9.17, 15) is 5.11 Å². The van der Waals surface area contributed by atoms with Gasteiger partial charge >= 0.3 is 0 Å². The molecule has 0 bridgehead atoms. The molecule has 2 aromatic rings. The third-order valence-corrected chi connectivity index (χ3v) is 3.67. The molecule has 0 fully saturated rings. The number of halogens is 1. The summed E-state index contributed by atoms with van der Waals surface area (Å²) in [5.74, 6) is 0.685. The first kappa shape index (κ1) is 15.7. The number of methoxy groups -OCH3 is 1. The zero-order valence-corrected chi connectivity index (χ0v) is 13.2. The highest BCUT2D eigenvalue weighted by atomic mass is 35.5. The smallest absolute Gasteiger partial charge is 0.124 e. The van der Waals surface area contributed by atoms with Crippen molar-refractivity contribution in [1.82, 2.24) is 0 Å². The van der Waals surface area contributed by atoms with E-state index >= 15 is 0 Å². The molecule has 2 rings (SSSR count). The summed E-state index contributed by atoms with van der Waals surface area (Å²) < 4.78 is 5.30. The first-order valence-corrected chi connectivity index (χ1v) is 7.21. The normalized spacial score (nSPS) is 12.0. The van der Waals surface area contributed by atoms with E-state index in [0.29, 0.717) is 17.3 Å². The number of ether oxygens (including phenoxy) is 1. The van der Waals surface area contributed by atoms with Gasteiger partial charge in [0.25, 0.3) is 0 Å². The zero-order chi connectivity index (χ0) is 15.4. The minimum absolute atomic E-state index is 0.364. The van der Waals surface area contributed by atoms with Crippen LogP contribution in [0.5, 0.6) is 5.75 Å². The predicted octanol–water partition coefficient (Wildman–Crippen LogP) is 4.11. The van der Waals surface area contributed by atoms with Crippen molar-refractivity contribution >= 4 is 17.3 Å². The number of benzene rings is 2. The van der Waals surface area contributed by atoms with Crippen LogP contribution in [0.4, 0.5) is 5.69 Å². The molecule has 21 heavy (non-hydrogen) atoms. The van der Waals surface area contributed by atoms with Gasteiger partial charge in [0.2, 0.25) is 0 Å². The lowest BCUT2D eigenvalue weighted by Gasteiger charge is -2.17. The topological polar surface area (TPSA) is 41.5 Å². The Hall–Kier alpha value is -1.71. The molecule has 4 heteroatoms. The Bertz CT molecular complexity index is 628. The lowest BCUT2D eigenvalue weighted by Crippen LogP contribution is -2.13. The molecule has 2 aromatic carbocycles. The van der Waals surface area contributed by atoms with Crippen LogP contribution < -0.4 is 10.1 Å². The Labute approximate surface area is 130 Å². The van der Waals surface area contributed by atoms with Gasteiger partial charge < -0.3 is 15.2 Å². The van der Waals surface area contributed by atoms with Crippen LogP contribution in [0, 0.1) is 13.8 Å². The standard InChI is InChI=1S/C17H20ClNO2/c1-11-5-7-17(21-3)13(8-11)16(20)10-19-15-6-4-12(2)9-14(15)18/h4-9,16,19-20H,10H2,1-3H3. The number of aryl methyl sites for hydroxylation is 2. The fourth-order valence-corrected chi connectivity index (χ4v) is 2.50. The monoisotopic (exact) mass is 305 g/mol. The molecule has 1 unspecified atom stereocenters.